The zero-order chi connectivity index (χ0) is 23.3. The topological polar surface area (TPSA) is 116 Å². The number of benzene rings is 1. The van der Waals surface area contributed by atoms with Gasteiger partial charge in [-0.15, -0.1) is 0 Å². The molecule has 13 heteroatoms. The average molecular weight is 454 g/mol. The first-order valence-electron chi connectivity index (χ1n) is 8.81. The zero-order valence-electron chi connectivity index (χ0n) is 16.3. The van der Waals surface area contributed by atoms with E-state index in [-0.39, 0.29) is 30.0 Å². The summed E-state index contributed by atoms with van der Waals surface area (Å²) < 4.78 is 65.5. The Bertz CT molecular complexity index is 1120. The molecule has 3 aromatic rings. The Morgan fingerprint density at radius 3 is 2.56 bits per heavy atom. The van der Waals surface area contributed by atoms with Crippen LogP contribution in [0.15, 0.2) is 41.1 Å². The van der Waals surface area contributed by atoms with Crippen LogP contribution in [0, 0.1) is 5.82 Å². The predicted octanol–water partition coefficient (Wildman–Crippen LogP) is 3.50. The highest BCUT2D eigenvalue weighted by Gasteiger charge is 2.38. The Morgan fingerprint density at radius 2 is 1.97 bits per heavy atom. The molecule has 0 aliphatic carbocycles. The molecule has 1 aromatic carbocycles. The van der Waals surface area contributed by atoms with Gasteiger partial charge in [-0.25, -0.2) is 19.0 Å². The third-order valence-corrected chi connectivity index (χ3v) is 3.99. The molecule has 3 rings (SSSR count). The Hall–Kier alpha value is -4.03. The average Bonchev–Trinajstić information content (AvgIpc) is 3.27. The van der Waals surface area contributed by atoms with E-state index in [0.717, 1.165) is 6.07 Å². The van der Waals surface area contributed by atoms with Gasteiger partial charge in [0.25, 0.3) is 0 Å². The van der Waals surface area contributed by atoms with Crippen molar-refractivity contribution in [3.05, 3.63) is 65.1 Å². The van der Waals surface area contributed by atoms with Gasteiger partial charge in [0.15, 0.2) is 0 Å². The van der Waals surface area contributed by atoms with Crippen molar-refractivity contribution in [1.29, 1.82) is 0 Å². The quantitative estimate of drug-likeness (QED) is 0.444. The first kappa shape index (κ1) is 22.7. The Labute approximate surface area is 177 Å². The first-order chi connectivity index (χ1) is 15.2. The summed E-state index contributed by atoms with van der Waals surface area (Å²) in [5.74, 6) is -3.38. The lowest BCUT2D eigenvalue weighted by molar-refractivity contribution is -0.159. The summed E-state index contributed by atoms with van der Waals surface area (Å²) in [6.45, 7) is -0.397. The van der Waals surface area contributed by atoms with Gasteiger partial charge in [0.05, 0.1) is 7.11 Å². The van der Waals surface area contributed by atoms with Crippen LogP contribution in [0.4, 0.5) is 22.4 Å². The minimum Gasteiger partial charge on any atom is -0.464 e. The fourth-order valence-electron chi connectivity index (χ4n) is 2.39. The molecule has 1 N–H and O–H groups in total. The number of ether oxygens (including phenoxy) is 2. The summed E-state index contributed by atoms with van der Waals surface area (Å²) >= 11 is 0. The molecule has 0 spiro atoms. The van der Waals surface area contributed by atoms with Crippen LogP contribution in [-0.4, -0.2) is 34.3 Å². The van der Waals surface area contributed by atoms with E-state index in [1.54, 1.807) is 0 Å². The number of esters is 1. The molecule has 0 radical (unpaired) electrons. The summed E-state index contributed by atoms with van der Waals surface area (Å²) in [6.07, 6.45) is -4.33. The Balaban J connectivity index is 1.53. The Morgan fingerprint density at radius 1 is 1.19 bits per heavy atom. The smallest absolute Gasteiger partial charge is 0.464 e. The normalized spacial score (nSPS) is 11.2. The highest BCUT2D eigenvalue weighted by atomic mass is 19.4. The number of alkyl halides is 3. The molecule has 168 valence electrons. The fourth-order valence-corrected chi connectivity index (χ4v) is 2.39. The maximum Gasteiger partial charge on any atom is 0.471 e. The molecule has 0 saturated heterocycles. The number of pyridine rings is 1. The number of halogens is 4. The number of aromatic nitrogens is 3. The lowest BCUT2D eigenvalue weighted by Gasteiger charge is -2.08. The van der Waals surface area contributed by atoms with E-state index in [4.69, 9.17) is 4.74 Å². The molecular formula is C19H14F4N4O5. The summed E-state index contributed by atoms with van der Waals surface area (Å²) in [4.78, 5) is 30.2. The lowest BCUT2D eigenvalue weighted by Crippen LogP contribution is -2.24. The van der Waals surface area contributed by atoms with Gasteiger partial charge in [-0.3, -0.25) is 0 Å². The van der Waals surface area contributed by atoms with Crippen molar-refractivity contribution in [2.45, 2.75) is 19.3 Å². The number of nitrogens with one attached hydrogen (secondary N) is 1. The summed E-state index contributed by atoms with van der Waals surface area (Å²) in [6, 6.07) is 6.38. The number of amides is 1. The maximum absolute atomic E-state index is 14.3. The predicted molar refractivity (Wildman–Crippen MR) is 97.3 cm³/mol. The van der Waals surface area contributed by atoms with Gasteiger partial charge in [0.1, 0.15) is 18.1 Å². The molecule has 9 nitrogen and oxygen atoms in total. The van der Waals surface area contributed by atoms with Gasteiger partial charge >= 0.3 is 24.1 Å². The maximum atomic E-state index is 14.3. The number of alkyl carbamates (subject to hydrolysis) is 1. The van der Waals surface area contributed by atoms with E-state index in [9.17, 15) is 27.2 Å². The highest BCUT2D eigenvalue weighted by Crippen LogP contribution is 2.29. The lowest BCUT2D eigenvalue weighted by atomic mass is 10.1. The summed E-state index contributed by atoms with van der Waals surface area (Å²) in [5.41, 5.74) is 0.613. The van der Waals surface area contributed by atoms with Crippen molar-refractivity contribution in [3.63, 3.8) is 0 Å². The molecule has 0 fully saturated rings. The van der Waals surface area contributed by atoms with Crippen LogP contribution in [0.2, 0.25) is 0 Å². The zero-order valence-corrected chi connectivity index (χ0v) is 16.3. The molecule has 0 aliphatic heterocycles. The van der Waals surface area contributed by atoms with Gasteiger partial charge in [0.2, 0.25) is 5.82 Å². The molecular weight excluding hydrogens is 440 g/mol. The van der Waals surface area contributed by atoms with Crippen molar-refractivity contribution in [2.75, 3.05) is 7.11 Å². The van der Waals surface area contributed by atoms with Crippen LogP contribution in [0.25, 0.3) is 11.4 Å². The number of carbonyl (C=O) groups is 2. The van der Waals surface area contributed by atoms with Crippen molar-refractivity contribution in [3.8, 4) is 11.4 Å². The van der Waals surface area contributed by atoms with E-state index < -0.39 is 35.8 Å². The highest BCUT2D eigenvalue weighted by molar-refractivity contribution is 5.86. The third-order valence-electron chi connectivity index (χ3n) is 3.99. The van der Waals surface area contributed by atoms with Crippen LogP contribution >= 0.6 is 0 Å². The van der Waals surface area contributed by atoms with Gasteiger partial charge in [-0.05, 0) is 12.1 Å². The van der Waals surface area contributed by atoms with Crippen LogP contribution in [0.1, 0.15) is 27.5 Å². The molecule has 2 heterocycles. The van der Waals surface area contributed by atoms with Crippen molar-refractivity contribution >= 4 is 12.1 Å². The van der Waals surface area contributed by atoms with Gasteiger partial charge in [-0.1, -0.05) is 23.4 Å². The largest absolute Gasteiger partial charge is 0.471 e. The van der Waals surface area contributed by atoms with E-state index in [1.807, 2.05) is 0 Å². The van der Waals surface area contributed by atoms with Crippen LogP contribution in [0.5, 0.6) is 0 Å². The molecule has 0 unspecified atom stereocenters. The molecule has 0 saturated carbocycles. The SMILES string of the molecule is COC(=O)c1ccc(COC(=O)NCc2ccc(-c3noc(C(F)(F)F)n3)cc2F)cn1. The second-order valence-electron chi connectivity index (χ2n) is 6.20. The minimum absolute atomic E-state index is 0.0315. The second-order valence-corrected chi connectivity index (χ2v) is 6.20. The number of hydrogen-bond donors (Lipinski definition) is 1. The van der Waals surface area contributed by atoms with Crippen molar-refractivity contribution < 1.29 is 41.1 Å². The first-order valence-corrected chi connectivity index (χ1v) is 8.81. The Kier molecular flexibility index (Phi) is 6.66. The van der Waals surface area contributed by atoms with E-state index in [0.29, 0.717) is 5.56 Å². The number of hydrogen-bond acceptors (Lipinski definition) is 8. The number of methoxy groups -OCH3 is 1. The van der Waals surface area contributed by atoms with Gasteiger partial charge < -0.3 is 19.3 Å². The molecule has 0 atom stereocenters. The third kappa shape index (κ3) is 5.56. The molecule has 1 amide bonds. The van der Waals surface area contributed by atoms with Crippen LogP contribution in [0.3, 0.4) is 0 Å². The number of rotatable bonds is 6. The van der Waals surface area contributed by atoms with Gasteiger partial charge in [-0.2, -0.15) is 18.2 Å². The molecule has 2 aromatic heterocycles. The monoisotopic (exact) mass is 454 g/mol. The minimum atomic E-state index is -4.81. The van der Waals surface area contributed by atoms with Crippen LogP contribution in [-0.2, 0) is 28.8 Å². The molecule has 0 aliphatic rings. The summed E-state index contributed by atoms with van der Waals surface area (Å²) in [5, 5.41) is 5.52. The fraction of sp³-hybridized carbons (Fsp3) is 0.211. The van der Waals surface area contributed by atoms with E-state index >= 15 is 0 Å². The van der Waals surface area contributed by atoms with Gasteiger partial charge in [0, 0.05) is 29.4 Å². The van der Waals surface area contributed by atoms with Crippen molar-refractivity contribution in [2.24, 2.45) is 0 Å². The number of carbonyl (C=O) groups excluding carboxylic acids is 2. The standard InChI is InChI=1S/C19H14F4N4O5/c1-30-16(28)14-5-2-10(7-24-14)9-31-18(29)25-8-12-4-3-11(6-13(12)20)15-26-17(32-27-15)19(21,22)23/h2-7H,8-9H2,1H3,(H,25,29). The van der Waals surface area contributed by atoms with E-state index in [1.165, 1.54) is 37.6 Å². The molecule has 32 heavy (non-hydrogen) atoms. The summed E-state index contributed by atoms with van der Waals surface area (Å²) in [7, 11) is 1.22. The molecule has 0 bridgehead atoms. The number of nitrogens with zero attached hydrogens (tertiary/aromatic N) is 3. The second kappa shape index (κ2) is 9.41. The van der Waals surface area contributed by atoms with E-state index in [2.05, 4.69) is 29.7 Å². The van der Waals surface area contributed by atoms with Crippen molar-refractivity contribution in [1.82, 2.24) is 20.4 Å². The van der Waals surface area contributed by atoms with Crippen LogP contribution < -0.4 is 5.32 Å².